The van der Waals surface area contributed by atoms with Gasteiger partial charge in [0.05, 0.1) is 22.4 Å². The highest BCUT2D eigenvalue weighted by molar-refractivity contribution is 9.10. The van der Waals surface area contributed by atoms with Crippen molar-refractivity contribution in [2.45, 2.75) is 46.2 Å². The van der Waals surface area contributed by atoms with Gasteiger partial charge in [0.2, 0.25) is 0 Å². The zero-order valence-electron chi connectivity index (χ0n) is 13.2. The lowest BCUT2D eigenvalue weighted by molar-refractivity contribution is 0.446. The van der Waals surface area contributed by atoms with Gasteiger partial charge >= 0.3 is 0 Å². The van der Waals surface area contributed by atoms with Gasteiger partial charge in [0.25, 0.3) is 0 Å². The summed E-state index contributed by atoms with van der Waals surface area (Å²) in [5.41, 5.74) is 3.89. The molecule has 0 aliphatic heterocycles. The number of benzene rings is 1. The summed E-state index contributed by atoms with van der Waals surface area (Å²) in [5, 5.41) is 8.11. The minimum Gasteiger partial charge on any atom is -0.309 e. The number of nitrogens with zero attached hydrogens (tertiary/aromatic N) is 2. The Kier molecular flexibility index (Phi) is 5.59. The van der Waals surface area contributed by atoms with Gasteiger partial charge in [-0.2, -0.15) is 5.10 Å². The van der Waals surface area contributed by atoms with Gasteiger partial charge < -0.3 is 5.32 Å². The summed E-state index contributed by atoms with van der Waals surface area (Å²) >= 11 is 3.66. The quantitative estimate of drug-likeness (QED) is 0.835. The van der Waals surface area contributed by atoms with E-state index >= 15 is 0 Å². The van der Waals surface area contributed by atoms with Gasteiger partial charge in [0, 0.05) is 6.04 Å². The number of likely N-dealkylation sites (N-methyl/N-ethyl adjacent to an activating group) is 1. The van der Waals surface area contributed by atoms with Crippen LogP contribution in [0.3, 0.4) is 0 Å². The van der Waals surface area contributed by atoms with Gasteiger partial charge in [-0.25, -0.2) is 0 Å². The van der Waals surface area contributed by atoms with Crippen molar-refractivity contribution in [3.63, 3.8) is 0 Å². The lowest BCUT2D eigenvalue weighted by Crippen LogP contribution is -2.26. The van der Waals surface area contributed by atoms with E-state index in [0.717, 1.165) is 17.4 Å². The fourth-order valence-electron chi connectivity index (χ4n) is 2.68. The molecule has 21 heavy (non-hydrogen) atoms. The number of rotatable bonds is 6. The summed E-state index contributed by atoms with van der Waals surface area (Å²) in [6.07, 6.45) is 2.86. The van der Waals surface area contributed by atoms with Crippen LogP contribution in [0.5, 0.6) is 0 Å². The molecule has 1 heterocycles. The van der Waals surface area contributed by atoms with E-state index in [1.165, 1.54) is 16.8 Å². The van der Waals surface area contributed by atoms with E-state index in [4.69, 9.17) is 0 Å². The topological polar surface area (TPSA) is 29.9 Å². The molecule has 0 bridgehead atoms. The second kappa shape index (κ2) is 7.23. The first-order chi connectivity index (χ1) is 10.0. The Balaban J connectivity index is 2.33. The molecule has 1 aromatic carbocycles. The Bertz CT molecular complexity index is 589. The molecular weight excluding hydrogens is 326 g/mol. The maximum Gasteiger partial charge on any atom is 0.0702 e. The summed E-state index contributed by atoms with van der Waals surface area (Å²) in [6.45, 7) is 9.55. The van der Waals surface area contributed by atoms with Crippen molar-refractivity contribution in [3.8, 4) is 0 Å². The summed E-state index contributed by atoms with van der Waals surface area (Å²) in [6, 6.07) is 9.33. The predicted octanol–water partition coefficient (Wildman–Crippen LogP) is 4.43. The van der Waals surface area contributed by atoms with E-state index in [1.807, 2.05) is 6.20 Å². The molecule has 1 N–H and O–H groups in total. The van der Waals surface area contributed by atoms with Crippen LogP contribution in [0.4, 0.5) is 0 Å². The number of halogens is 1. The van der Waals surface area contributed by atoms with Gasteiger partial charge in [0.1, 0.15) is 0 Å². The van der Waals surface area contributed by atoms with Crippen molar-refractivity contribution < 1.29 is 0 Å². The molecule has 2 rings (SSSR count). The zero-order valence-corrected chi connectivity index (χ0v) is 14.8. The third-order valence-corrected chi connectivity index (χ3v) is 4.19. The second-order valence-electron chi connectivity index (χ2n) is 5.72. The number of aryl methyl sites for hydroxylation is 1. The molecule has 0 saturated carbocycles. The Labute approximate surface area is 135 Å². The monoisotopic (exact) mass is 349 g/mol. The molecule has 0 saturated heterocycles. The standard InChI is InChI=1S/C17H24BrN3/c1-5-19-16(10-14-8-6-7-13(4)9-14)17-15(18)11-20-21(17)12(2)3/h6-9,11-12,16,19H,5,10H2,1-4H3. The van der Waals surface area contributed by atoms with Crippen LogP contribution in [0, 0.1) is 6.92 Å². The van der Waals surface area contributed by atoms with Crippen molar-refractivity contribution in [3.05, 3.63) is 51.8 Å². The second-order valence-corrected chi connectivity index (χ2v) is 6.57. The maximum absolute atomic E-state index is 4.51. The number of aromatic nitrogens is 2. The minimum absolute atomic E-state index is 0.260. The van der Waals surface area contributed by atoms with Gasteiger partial charge in [0.15, 0.2) is 0 Å². The first kappa shape index (κ1) is 16.2. The maximum atomic E-state index is 4.51. The Morgan fingerprint density at radius 2 is 2.10 bits per heavy atom. The molecular formula is C17H24BrN3. The molecule has 0 spiro atoms. The molecule has 0 amide bonds. The zero-order chi connectivity index (χ0) is 15.4. The highest BCUT2D eigenvalue weighted by atomic mass is 79.9. The molecule has 0 aliphatic carbocycles. The van der Waals surface area contributed by atoms with Crippen LogP contribution < -0.4 is 5.32 Å². The molecule has 0 fully saturated rings. The largest absolute Gasteiger partial charge is 0.309 e. The molecule has 0 aliphatic rings. The number of nitrogens with one attached hydrogen (secondary N) is 1. The van der Waals surface area contributed by atoms with Crippen LogP contribution in [0.15, 0.2) is 34.9 Å². The average Bonchev–Trinajstić information content (AvgIpc) is 2.80. The number of hydrogen-bond donors (Lipinski definition) is 1. The van der Waals surface area contributed by atoms with E-state index in [2.05, 4.69) is 83.0 Å². The van der Waals surface area contributed by atoms with Crippen LogP contribution >= 0.6 is 15.9 Å². The fourth-order valence-corrected chi connectivity index (χ4v) is 3.22. The van der Waals surface area contributed by atoms with Crippen LogP contribution in [0.25, 0.3) is 0 Å². The van der Waals surface area contributed by atoms with Gasteiger partial charge in [-0.15, -0.1) is 0 Å². The van der Waals surface area contributed by atoms with Gasteiger partial charge in [-0.1, -0.05) is 36.8 Å². The lowest BCUT2D eigenvalue weighted by atomic mass is 10.0. The van der Waals surface area contributed by atoms with E-state index < -0.39 is 0 Å². The van der Waals surface area contributed by atoms with E-state index in [0.29, 0.717) is 6.04 Å². The van der Waals surface area contributed by atoms with E-state index in [1.54, 1.807) is 0 Å². The Morgan fingerprint density at radius 3 is 2.71 bits per heavy atom. The van der Waals surface area contributed by atoms with Crippen LogP contribution in [0.2, 0.25) is 0 Å². The van der Waals surface area contributed by atoms with Gasteiger partial charge in [-0.05, 0) is 55.2 Å². The number of hydrogen-bond acceptors (Lipinski definition) is 2. The third kappa shape index (κ3) is 3.95. The van der Waals surface area contributed by atoms with E-state index in [-0.39, 0.29) is 6.04 Å². The molecule has 114 valence electrons. The molecule has 2 aromatic rings. The highest BCUT2D eigenvalue weighted by Gasteiger charge is 2.21. The molecule has 1 atom stereocenters. The van der Waals surface area contributed by atoms with Crippen molar-refractivity contribution in [2.75, 3.05) is 6.54 Å². The minimum atomic E-state index is 0.260. The van der Waals surface area contributed by atoms with Crippen molar-refractivity contribution >= 4 is 15.9 Å². The smallest absolute Gasteiger partial charge is 0.0702 e. The summed E-state index contributed by atoms with van der Waals surface area (Å²) in [7, 11) is 0. The van der Waals surface area contributed by atoms with Crippen molar-refractivity contribution in [1.82, 2.24) is 15.1 Å². The predicted molar refractivity (Wildman–Crippen MR) is 91.6 cm³/mol. The summed E-state index contributed by atoms with van der Waals surface area (Å²) in [4.78, 5) is 0. The molecule has 1 aromatic heterocycles. The van der Waals surface area contributed by atoms with Crippen LogP contribution in [0.1, 0.15) is 49.7 Å². The Morgan fingerprint density at radius 1 is 1.33 bits per heavy atom. The first-order valence-electron chi connectivity index (χ1n) is 7.54. The summed E-state index contributed by atoms with van der Waals surface area (Å²) in [5.74, 6) is 0. The van der Waals surface area contributed by atoms with Crippen molar-refractivity contribution in [1.29, 1.82) is 0 Å². The fraction of sp³-hybridized carbons (Fsp3) is 0.471. The third-order valence-electron chi connectivity index (χ3n) is 3.58. The molecule has 4 heteroatoms. The average molecular weight is 350 g/mol. The molecule has 1 unspecified atom stereocenters. The van der Waals surface area contributed by atoms with Crippen molar-refractivity contribution in [2.24, 2.45) is 0 Å². The molecule has 0 radical (unpaired) electrons. The molecule has 3 nitrogen and oxygen atoms in total. The van der Waals surface area contributed by atoms with Gasteiger partial charge in [-0.3, -0.25) is 4.68 Å². The Hall–Kier alpha value is -1.13. The highest BCUT2D eigenvalue weighted by Crippen LogP contribution is 2.28. The lowest BCUT2D eigenvalue weighted by Gasteiger charge is -2.22. The van der Waals surface area contributed by atoms with Crippen LogP contribution in [-0.4, -0.2) is 16.3 Å². The van der Waals surface area contributed by atoms with E-state index in [9.17, 15) is 0 Å². The normalized spacial score (nSPS) is 12.9. The summed E-state index contributed by atoms with van der Waals surface area (Å²) < 4.78 is 3.18. The first-order valence-corrected chi connectivity index (χ1v) is 8.34. The van der Waals surface area contributed by atoms with Crippen LogP contribution in [-0.2, 0) is 6.42 Å². The SMILES string of the molecule is CCNC(Cc1cccc(C)c1)c1c(Br)cnn1C(C)C.